The number of benzene rings is 1. The third-order valence-corrected chi connectivity index (χ3v) is 5.69. The van der Waals surface area contributed by atoms with E-state index in [2.05, 4.69) is 9.97 Å². The second-order valence-electron chi connectivity index (χ2n) is 7.98. The van der Waals surface area contributed by atoms with Crippen LogP contribution in [0.3, 0.4) is 0 Å². The topological polar surface area (TPSA) is 78.5 Å². The van der Waals surface area contributed by atoms with Crippen molar-refractivity contribution < 1.29 is 18.7 Å². The number of carbonyl (C=O) groups excluding carboxylic acids is 2. The fraction of sp³-hybridized carbons (Fsp3) is 0.292. The SMILES string of the molecule is COc1ncccc1-c1cc(C2=CCCN(C(C)=O)C2)c(F)c2[nH]c(C(=O)N(C)C)cc12. The van der Waals surface area contributed by atoms with Gasteiger partial charge in [0.1, 0.15) is 5.69 Å². The summed E-state index contributed by atoms with van der Waals surface area (Å²) in [5, 5.41) is 0.558. The fourth-order valence-corrected chi connectivity index (χ4v) is 4.04. The van der Waals surface area contributed by atoms with Crippen molar-refractivity contribution in [3.05, 3.63) is 53.6 Å². The highest BCUT2D eigenvalue weighted by molar-refractivity contribution is 6.05. The lowest BCUT2D eigenvalue weighted by Crippen LogP contribution is -2.33. The van der Waals surface area contributed by atoms with Gasteiger partial charge in [-0.3, -0.25) is 9.59 Å². The molecule has 0 radical (unpaired) electrons. The van der Waals surface area contributed by atoms with Crippen LogP contribution in [-0.2, 0) is 4.79 Å². The number of ether oxygens (including phenoxy) is 1. The number of fused-ring (bicyclic) bond motifs is 1. The number of rotatable bonds is 4. The van der Waals surface area contributed by atoms with Crippen molar-refractivity contribution in [1.82, 2.24) is 19.8 Å². The maximum absolute atomic E-state index is 15.8. The van der Waals surface area contributed by atoms with E-state index in [1.165, 1.54) is 18.9 Å². The van der Waals surface area contributed by atoms with Crippen molar-refractivity contribution >= 4 is 28.3 Å². The summed E-state index contributed by atoms with van der Waals surface area (Å²) in [6, 6.07) is 7.04. The van der Waals surface area contributed by atoms with Crippen LogP contribution in [0.5, 0.6) is 5.88 Å². The van der Waals surface area contributed by atoms with Gasteiger partial charge in [-0.05, 0) is 41.8 Å². The number of aromatic amines is 1. The molecule has 1 aliphatic heterocycles. The minimum absolute atomic E-state index is 0.0509. The third kappa shape index (κ3) is 3.72. The van der Waals surface area contributed by atoms with E-state index in [-0.39, 0.29) is 23.0 Å². The molecule has 3 heterocycles. The number of aromatic nitrogens is 2. The first kappa shape index (κ1) is 21.5. The molecule has 0 aliphatic carbocycles. The van der Waals surface area contributed by atoms with E-state index in [1.807, 2.05) is 12.1 Å². The first-order valence-electron chi connectivity index (χ1n) is 10.3. The minimum Gasteiger partial charge on any atom is -0.481 e. The molecule has 3 aromatic rings. The lowest BCUT2D eigenvalue weighted by molar-refractivity contribution is -0.128. The van der Waals surface area contributed by atoms with Gasteiger partial charge in [-0.25, -0.2) is 9.37 Å². The smallest absolute Gasteiger partial charge is 0.269 e. The number of halogens is 1. The van der Waals surface area contributed by atoms with E-state index >= 15 is 4.39 Å². The zero-order chi connectivity index (χ0) is 23.0. The van der Waals surface area contributed by atoms with Gasteiger partial charge in [0.05, 0.1) is 12.6 Å². The molecule has 0 spiro atoms. The predicted octanol–water partition coefficient (Wildman–Crippen LogP) is 3.72. The van der Waals surface area contributed by atoms with E-state index in [0.29, 0.717) is 47.5 Å². The zero-order valence-corrected chi connectivity index (χ0v) is 18.5. The Morgan fingerprint density at radius 1 is 1.22 bits per heavy atom. The number of H-pyrrole nitrogens is 1. The van der Waals surface area contributed by atoms with Crippen molar-refractivity contribution in [2.24, 2.45) is 0 Å². The molecule has 0 saturated carbocycles. The number of pyridine rings is 1. The maximum Gasteiger partial charge on any atom is 0.269 e. The molecular formula is C24H25FN4O3. The molecule has 1 aromatic carbocycles. The Hall–Kier alpha value is -3.68. The lowest BCUT2D eigenvalue weighted by atomic mass is 9.93. The highest BCUT2D eigenvalue weighted by atomic mass is 19.1. The number of amides is 2. The van der Waals surface area contributed by atoms with E-state index in [1.54, 1.807) is 43.4 Å². The van der Waals surface area contributed by atoms with Gasteiger partial charge in [0.2, 0.25) is 11.8 Å². The summed E-state index contributed by atoms with van der Waals surface area (Å²) in [5.74, 6) is -0.368. The second-order valence-corrected chi connectivity index (χ2v) is 7.98. The van der Waals surface area contributed by atoms with Crippen molar-refractivity contribution in [3.8, 4) is 17.0 Å². The average Bonchev–Trinajstić information content (AvgIpc) is 3.25. The van der Waals surface area contributed by atoms with Crippen LogP contribution in [0.25, 0.3) is 27.6 Å². The molecule has 2 aromatic heterocycles. The molecular weight excluding hydrogens is 411 g/mol. The summed E-state index contributed by atoms with van der Waals surface area (Å²) in [6.07, 6.45) is 4.23. The Morgan fingerprint density at radius 2 is 2.00 bits per heavy atom. The molecule has 0 unspecified atom stereocenters. The number of hydrogen-bond donors (Lipinski definition) is 1. The quantitative estimate of drug-likeness (QED) is 0.676. The Kier molecular flexibility index (Phi) is 5.69. The van der Waals surface area contributed by atoms with E-state index in [4.69, 9.17) is 4.74 Å². The van der Waals surface area contributed by atoms with Gasteiger partial charge in [-0.15, -0.1) is 0 Å². The minimum atomic E-state index is -0.457. The van der Waals surface area contributed by atoms with Gasteiger partial charge < -0.3 is 19.5 Å². The van der Waals surface area contributed by atoms with Crippen LogP contribution in [-0.4, -0.2) is 65.9 Å². The van der Waals surface area contributed by atoms with Crippen LogP contribution >= 0.6 is 0 Å². The molecule has 7 nitrogen and oxygen atoms in total. The Bertz CT molecular complexity index is 1250. The van der Waals surface area contributed by atoms with Gasteiger partial charge >= 0.3 is 0 Å². The molecule has 32 heavy (non-hydrogen) atoms. The monoisotopic (exact) mass is 436 g/mol. The summed E-state index contributed by atoms with van der Waals surface area (Å²) >= 11 is 0. The molecule has 4 rings (SSSR count). The Morgan fingerprint density at radius 3 is 2.69 bits per heavy atom. The summed E-state index contributed by atoms with van der Waals surface area (Å²) in [4.78, 5) is 34.9. The highest BCUT2D eigenvalue weighted by Gasteiger charge is 2.25. The molecule has 8 heteroatoms. The fourth-order valence-electron chi connectivity index (χ4n) is 4.04. The van der Waals surface area contributed by atoms with Crippen LogP contribution < -0.4 is 4.74 Å². The van der Waals surface area contributed by atoms with E-state index in [9.17, 15) is 9.59 Å². The van der Waals surface area contributed by atoms with Crippen LogP contribution in [0.4, 0.5) is 4.39 Å². The van der Waals surface area contributed by atoms with Crippen LogP contribution in [0.2, 0.25) is 0 Å². The summed E-state index contributed by atoms with van der Waals surface area (Å²) in [7, 11) is 4.81. The van der Waals surface area contributed by atoms with Gasteiger partial charge in [0.25, 0.3) is 5.91 Å². The standard InChI is InChI=1S/C24H25FN4O3/c1-14(30)29-10-6-7-15(13-29)17-11-18(16-8-5-9-26-23(16)32-4)19-12-20(24(31)28(2)3)27-22(19)21(17)25/h5,7-9,11-12,27H,6,10,13H2,1-4H3. The number of hydrogen-bond acceptors (Lipinski definition) is 4. The van der Waals surface area contributed by atoms with E-state index in [0.717, 1.165) is 5.57 Å². The van der Waals surface area contributed by atoms with Gasteiger partial charge in [-0.2, -0.15) is 0 Å². The maximum atomic E-state index is 15.8. The number of carbonyl (C=O) groups is 2. The largest absolute Gasteiger partial charge is 0.481 e. The third-order valence-electron chi connectivity index (χ3n) is 5.69. The van der Waals surface area contributed by atoms with Gasteiger partial charge in [0, 0.05) is 56.8 Å². The lowest BCUT2D eigenvalue weighted by Gasteiger charge is -2.27. The Balaban J connectivity index is 1.98. The molecule has 1 N–H and O–H groups in total. The molecule has 1 aliphatic rings. The summed E-state index contributed by atoms with van der Waals surface area (Å²) < 4.78 is 21.2. The number of methoxy groups -OCH3 is 1. The zero-order valence-electron chi connectivity index (χ0n) is 18.5. The summed E-state index contributed by atoms with van der Waals surface area (Å²) in [5.41, 5.74) is 3.00. The van der Waals surface area contributed by atoms with E-state index < -0.39 is 5.82 Å². The number of nitrogens with one attached hydrogen (secondary N) is 1. The van der Waals surface area contributed by atoms with Crippen LogP contribution in [0.1, 0.15) is 29.4 Å². The molecule has 0 atom stereocenters. The molecule has 2 amide bonds. The number of nitrogens with zero attached hydrogens (tertiary/aromatic N) is 3. The van der Waals surface area contributed by atoms with Crippen molar-refractivity contribution in [2.75, 3.05) is 34.3 Å². The molecule has 166 valence electrons. The van der Waals surface area contributed by atoms with Crippen molar-refractivity contribution in [1.29, 1.82) is 0 Å². The molecule has 0 saturated heterocycles. The van der Waals surface area contributed by atoms with Crippen molar-refractivity contribution in [2.45, 2.75) is 13.3 Å². The van der Waals surface area contributed by atoms with Crippen molar-refractivity contribution in [3.63, 3.8) is 0 Å². The van der Waals surface area contributed by atoms with Crippen LogP contribution in [0, 0.1) is 5.82 Å². The van der Waals surface area contributed by atoms with Gasteiger partial charge in [0.15, 0.2) is 5.82 Å². The second kappa shape index (κ2) is 8.45. The first-order valence-corrected chi connectivity index (χ1v) is 10.3. The highest BCUT2D eigenvalue weighted by Crippen LogP contribution is 2.39. The molecule has 0 bridgehead atoms. The van der Waals surface area contributed by atoms with Gasteiger partial charge in [-0.1, -0.05) is 6.08 Å². The predicted molar refractivity (Wildman–Crippen MR) is 121 cm³/mol. The van der Waals surface area contributed by atoms with Crippen LogP contribution in [0.15, 0.2) is 36.5 Å². The first-order chi connectivity index (χ1) is 15.3. The normalized spacial score (nSPS) is 13.8. The molecule has 0 fully saturated rings. The average molecular weight is 436 g/mol. The summed E-state index contributed by atoms with van der Waals surface area (Å²) in [6.45, 7) is 2.44. The Labute approximate surface area is 185 Å².